The largest absolute Gasteiger partial charge is 0.494 e. The molecule has 2 heteroatoms. The van der Waals surface area contributed by atoms with Crippen molar-refractivity contribution in [3.63, 3.8) is 0 Å². The Bertz CT molecular complexity index is 503. The van der Waals surface area contributed by atoms with E-state index < -0.39 is 0 Å². The summed E-state index contributed by atoms with van der Waals surface area (Å²) in [6, 6.07) is 12.1. The third-order valence-corrected chi connectivity index (χ3v) is 2.82. The van der Waals surface area contributed by atoms with Gasteiger partial charge in [0.25, 0.3) is 0 Å². The lowest BCUT2D eigenvalue weighted by Gasteiger charge is -2.05. The molecule has 2 rings (SSSR count). The molecule has 19 heavy (non-hydrogen) atoms. The van der Waals surface area contributed by atoms with Crippen molar-refractivity contribution in [3.05, 3.63) is 59.9 Å². The smallest absolute Gasteiger partial charge is 0.119 e. The SMILES string of the molecule is CCCCOc1ccc(/C=C/c2ccncc2)cc1. The highest BCUT2D eigenvalue weighted by Crippen LogP contribution is 2.14. The van der Waals surface area contributed by atoms with Crippen molar-refractivity contribution < 1.29 is 4.74 Å². The molecule has 0 radical (unpaired) electrons. The van der Waals surface area contributed by atoms with Gasteiger partial charge in [-0.25, -0.2) is 0 Å². The van der Waals surface area contributed by atoms with Crippen LogP contribution in [0.15, 0.2) is 48.8 Å². The second-order valence-corrected chi connectivity index (χ2v) is 4.38. The minimum absolute atomic E-state index is 0.794. The second kappa shape index (κ2) is 7.37. The predicted molar refractivity (Wildman–Crippen MR) is 80.0 cm³/mol. The summed E-state index contributed by atoms with van der Waals surface area (Å²) in [6.45, 7) is 2.96. The summed E-state index contributed by atoms with van der Waals surface area (Å²) < 4.78 is 5.63. The van der Waals surface area contributed by atoms with Gasteiger partial charge >= 0.3 is 0 Å². The molecule has 0 N–H and O–H groups in total. The highest BCUT2D eigenvalue weighted by Gasteiger charge is 1.93. The highest BCUT2D eigenvalue weighted by molar-refractivity contribution is 5.69. The van der Waals surface area contributed by atoms with Crippen molar-refractivity contribution in [1.29, 1.82) is 0 Å². The number of unbranched alkanes of at least 4 members (excludes halogenated alkanes) is 1. The molecule has 98 valence electrons. The number of aromatic nitrogens is 1. The van der Waals surface area contributed by atoms with E-state index in [1.807, 2.05) is 24.3 Å². The van der Waals surface area contributed by atoms with Gasteiger partial charge in [-0.2, -0.15) is 0 Å². The quantitative estimate of drug-likeness (QED) is 0.710. The Morgan fingerprint density at radius 1 is 0.947 bits per heavy atom. The zero-order valence-corrected chi connectivity index (χ0v) is 11.3. The molecule has 2 nitrogen and oxygen atoms in total. The van der Waals surface area contributed by atoms with Crippen LogP contribution in [0.2, 0.25) is 0 Å². The van der Waals surface area contributed by atoms with E-state index in [0.29, 0.717) is 0 Å². The summed E-state index contributed by atoms with van der Waals surface area (Å²) in [5.41, 5.74) is 2.32. The maximum Gasteiger partial charge on any atom is 0.119 e. The zero-order chi connectivity index (χ0) is 13.3. The lowest BCUT2D eigenvalue weighted by atomic mass is 10.1. The third kappa shape index (κ3) is 4.59. The van der Waals surface area contributed by atoms with Crippen LogP contribution < -0.4 is 4.74 Å². The molecule has 0 unspecified atom stereocenters. The maximum absolute atomic E-state index is 5.63. The van der Waals surface area contributed by atoms with Crippen molar-refractivity contribution in [2.75, 3.05) is 6.61 Å². The van der Waals surface area contributed by atoms with E-state index in [1.165, 1.54) is 5.56 Å². The van der Waals surface area contributed by atoms with Gasteiger partial charge in [-0.05, 0) is 41.8 Å². The van der Waals surface area contributed by atoms with Crippen LogP contribution in [-0.2, 0) is 0 Å². The van der Waals surface area contributed by atoms with Crippen molar-refractivity contribution in [2.45, 2.75) is 19.8 Å². The van der Waals surface area contributed by atoms with Gasteiger partial charge in [0.05, 0.1) is 6.61 Å². The number of hydrogen-bond acceptors (Lipinski definition) is 2. The van der Waals surface area contributed by atoms with E-state index in [-0.39, 0.29) is 0 Å². The summed E-state index contributed by atoms with van der Waals surface area (Å²) in [6.07, 6.45) is 10.0. The first-order chi connectivity index (χ1) is 9.38. The fraction of sp³-hybridized carbons (Fsp3) is 0.235. The number of nitrogens with zero attached hydrogens (tertiary/aromatic N) is 1. The Morgan fingerprint density at radius 2 is 1.58 bits per heavy atom. The number of rotatable bonds is 6. The van der Waals surface area contributed by atoms with Crippen LogP contribution >= 0.6 is 0 Å². The van der Waals surface area contributed by atoms with Crippen LogP contribution in [0.3, 0.4) is 0 Å². The van der Waals surface area contributed by atoms with Gasteiger partial charge in [0.1, 0.15) is 5.75 Å². The standard InChI is InChI=1S/C17H19NO/c1-2-3-14-19-17-8-6-15(7-9-17)4-5-16-10-12-18-13-11-16/h4-13H,2-3,14H2,1H3/b5-4+. The van der Waals surface area contributed by atoms with Crippen LogP contribution in [0.4, 0.5) is 0 Å². The molecular weight excluding hydrogens is 234 g/mol. The number of hydrogen-bond donors (Lipinski definition) is 0. The molecule has 2 aromatic rings. The fourth-order valence-corrected chi connectivity index (χ4v) is 1.68. The molecule has 0 amide bonds. The third-order valence-electron chi connectivity index (χ3n) is 2.82. The molecule has 0 fully saturated rings. The Hall–Kier alpha value is -2.09. The molecule has 0 atom stereocenters. The van der Waals surface area contributed by atoms with Gasteiger partial charge in [0.15, 0.2) is 0 Å². The van der Waals surface area contributed by atoms with E-state index in [1.54, 1.807) is 12.4 Å². The Labute approximate surface area is 114 Å². The van der Waals surface area contributed by atoms with Crippen LogP contribution in [0.1, 0.15) is 30.9 Å². The van der Waals surface area contributed by atoms with Crippen LogP contribution in [0, 0.1) is 0 Å². The summed E-state index contributed by atoms with van der Waals surface area (Å²) >= 11 is 0. The number of benzene rings is 1. The molecule has 0 saturated heterocycles. The number of ether oxygens (including phenoxy) is 1. The minimum atomic E-state index is 0.794. The normalized spacial score (nSPS) is 10.8. The first-order valence-corrected chi connectivity index (χ1v) is 6.69. The van der Waals surface area contributed by atoms with Crippen LogP contribution in [0.5, 0.6) is 5.75 Å². The van der Waals surface area contributed by atoms with Gasteiger partial charge < -0.3 is 4.74 Å². The highest BCUT2D eigenvalue weighted by atomic mass is 16.5. The predicted octanol–water partition coefficient (Wildman–Crippen LogP) is 4.43. The summed E-state index contributed by atoms with van der Waals surface area (Å²) in [7, 11) is 0. The first kappa shape index (κ1) is 13.3. The second-order valence-electron chi connectivity index (χ2n) is 4.38. The topological polar surface area (TPSA) is 22.1 Å². The Kier molecular flexibility index (Phi) is 5.17. The van der Waals surface area contributed by atoms with Crippen molar-refractivity contribution >= 4 is 12.2 Å². The van der Waals surface area contributed by atoms with E-state index in [4.69, 9.17) is 4.74 Å². The molecule has 0 saturated carbocycles. The average Bonchev–Trinajstić information content (AvgIpc) is 2.48. The monoisotopic (exact) mass is 253 g/mol. The van der Waals surface area contributed by atoms with E-state index in [2.05, 4.69) is 36.2 Å². The lowest BCUT2D eigenvalue weighted by molar-refractivity contribution is 0.309. The van der Waals surface area contributed by atoms with Crippen molar-refractivity contribution in [1.82, 2.24) is 4.98 Å². The van der Waals surface area contributed by atoms with Gasteiger partial charge in [-0.15, -0.1) is 0 Å². The molecule has 0 aliphatic heterocycles. The van der Waals surface area contributed by atoms with E-state index in [9.17, 15) is 0 Å². The molecule has 1 aromatic carbocycles. The minimum Gasteiger partial charge on any atom is -0.494 e. The Morgan fingerprint density at radius 3 is 2.21 bits per heavy atom. The number of pyridine rings is 1. The van der Waals surface area contributed by atoms with E-state index >= 15 is 0 Å². The molecule has 1 heterocycles. The molecule has 0 bridgehead atoms. The first-order valence-electron chi connectivity index (χ1n) is 6.69. The molecular formula is C17H19NO. The van der Waals surface area contributed by atoms with Crippen LogP contribution in [-0.4, -0.2) is 11.6 Å². The lowest BCUT2D eigenvalue weighted by Crippen LogP contribution is -1.95. The Balaban J connectivity index is 1.93. The van der Waals surface area contributed by atoms with Crippen LogP contribution in [0.25, 0.3) is 12.2 Å². The van der Waals surface area contributed by atoms with Gasteiger partial charge in [-0.1, -0.05) is 37.6 Å². The summed E-state index contributed by atoms with van der Waals surface area (Å²) in [5, 5.41) is 0. The van der Waals surface area contributed by atoms with E-state index in [0.717, 1.165) is 30.8 Å². The van der Waals surface area contributed by atoms with Gasteiger partial charge in [0, 0.05) is 12.4 Å². The molecule has 1 aromatic heterocycles. The average molecular weight is 253 g/mol. The summed E-state index contributed by atoms with van der Waals surface area (Å²) in [4.78, 5) is 4.00. The molecule has 0 spiro atoms. The van der Waals surface area contributed by atoms with Crippen molar-refractivity contribution in [3.8, 4) is 5.75 Å². The van der Waals surface area contributed by atoms with Gasteiger partial charge in [0.2, 0.25) is 0 Å². The van der Waals surface area contributed by atoms with Crippen molar-refractivity contribution in [2.24, 2.45) is 0 Å². The zero-order valence-electron chi connectivity index (χ0n) is 11.3. The maximum atomic E-state index is 5.63. The molecule has 0 aliphatic carbocycles. The fourth-order valence-electron chi connectivity index (χ4n) is 1.68. The summed E-state index contributed by atoms with van der Waals surface area (Å²) in [5.74, 6) is 0.939. The molecule has 0 aliphatic rings. The van der Waals surface area contributed by atoms with Gasteiger partial charge in [-0.3, -0.25) is 4.98 Å².